The topological polar surface area (TPSA) is 73.6 Å². The van der Waals surface area contributed by atoms with Crippen LogP contribution in [0.25, 0.3) is 0 Å². The standard InChI is InChI=1S/C14H22N2O3.ClH/c1-4-5-8-19-10(2)14(17)16-13-9-11(18-3)6-7-12(13)15;/h6-7,9-10H,4-5,8,15H2,1-3H3,(H,16,17);1H. The number of nitrogen functional groups attached to an aromatic ring is 1. The lowest BCUT2D eigenvalue weighted by Gasteiger charge is -2.15. The summed E-state index contributed by atoms with van der Waals surface area (Å²) in [5.41, 5.74) is 6.84. The predicted molar refractivity (Wildman–Crippen MR) is 83.6 cm³/mol. The molecule has 114 valence electrons. The molecule has 0 bridgehead atoms. The molecule has 0 heterocycles. The van der Waals surface area contributed by atoms with E-state index < -0.39 is 6.10 Å². The molecule has 1 atom stereocenters. The van der Waals surface area contributed by atoms with E-state index in [2.05, 4.69) is 12.2 Å². The van der Waals surface area contributed by atoms with Crippen molar-refractivity contribution in [3.05, 3.63) is 18.2 Å². The fourth-order valence-corrected chi connectivity index (χ4v) is 1.49. The summed E-state index contributed by atoms with van der Waals surface area (Å²) in [6.07, 6.45) is 1.48. The van der Waals surface area contributed by atoms with E-state index in [4.69, 9.17) is 15.2 Å². The van der Waals surface area contributed by atoms with Gasteiger partial charge >= 0.3 is 0 Å². The van der Waals surface area contributed by atoms with Gasteiger partial charge in [0.25, 0.3) is 5.91 Å². The Morgan fingerprint density at radius 2 is 2.15 bits per heavy atom. The predicted octanol–water partition coefficient (Wildman–Crippen LogP) is 2.84. The maximum atomic E-state index is 11.9. The van der Waals surface area contributed by atoms with E-state index in [0.717, 1.165) is 12.8 Å². The summed E-state index contributed by atoms with van der Waals surface area (Å²) in [4.78, 5) is 11.9. The van der Waals surface area contributed by atoms with Gasteiger partial charge in [-0.25, -0.2) is 0 Å². The highest BCUT2D eigenvalue weighted by atomic mass is 35.5. The van der Waals surface area contributed by atoms with Crippen LogP contribution in [0.3, 0.4) is 0 Å². The number of nitrogens with one attached hydrogen (secondary N) is 1. The number of unbranched alkanes of at least 4 members (excludes halogenated alkanes) is 1. The van der Waals surface area contributed by atoms with E-state index in [0.29, 0.717) is 23.7 Å². The average molecular weight is 303 g/mol. The largest absolute Gasteiger partial charge is 0.497 e. The number of nitrogens with two attached hydrogens (primary N) is 1. The molecule has 20 heavy (non-hydrogen) atoms. The third-order valence-corrected chi connectivity index (χ3v) is 2.75. The van der Waals surface area contributed by atoms with Gasteiger partial charge in [-0.1, -0.05) is 13.3 Å². The average Bonchev–Trinajstić information content (AvgIpc) is 2.41. The second-order valence-electron chi connectivity index (χ2n) is 4.31. The molecule has 0 aromatic heterocycles. The van der Waals surface area contributed by atoms with Gasteiger partial charge in [0, 0.05) is 12.7 Å². The van der Waals surface area contributed by atoms with Crippen LogP contribution in [0.5, 0.6) is 5.75 Å². The monoisotopic (exact) mass is 302 g/mol. The van der Waals surface area contributed by atoms with Crippen LogP contribution in [0.2, 0.25) is 0 Å². The molecule has 0 aliphatic heterocycles. The number of amides is 1. The quantitative estimate of drug-likeness (QED) is 0.600. The first kappa shape index (κ1) is 18.5. The molecule has 1 aromatic carbocycles. The molecular formula is C14H23ClN2O3. The van der Waals surface area contributed by atoms with Gasteiger partial charge in [0.15, 0.2) is 0 Å². The molecule has 3 N–H and O–H groups in total. The highest BCUT2D eigenvalue weighted by molar-refractivity contribution is 5.96. The van der Waals surface area contributed by atoms with Crippen molar-refractivity contribution in [2.24, 2.45) is 0 Å². The molecule has 6 heteroatoms. The lowest BCUT2D eigenvalue weighted by Crippen LogP contribution is -2.28. The van der Waals surface area contributed by atoms with E-state index in [1.54, 1.807) is 32.2 Å². The zero-order chi connectivity index (χ0) is 14.3. The van der Waals surface area contributed by atoms with Crippen molar-refractivity contribution >= 4 is 29.7 Å². The fraction of sp³-hybridized carbons (Fsp3) is 0.500. The zero-order valence-corrected chi connectivity index (χ0v) is 13.0. The van der Waals surface area contributed by atoms with Crippen molar-refractivity contribution in [3.63, 3.8) is 0 Å². The molecular weight excluding hydrogens is 280 g/mol. The Morgan fingerprint density at radius 1 is 1.45 bits per heavy atom. The van der Waals surface area contributed by atoms with Crippen LogP contribution < -0.4 is 15.8 Å². The number of hydrogen-bond acceptors (Lipinski definition) is 4. The first-order valence-electron chi connectivity index (χ1n) is 6.44. The Bertz CT molecular complexity index is 427. The summed E-state index contributed by atoms with van der Waals surface area (Å²) < 4.78 is 10.5. The van der Waals surface area contributed by atoms with Gasteiger partial charge in [0.05, 0.1) is 18.5 Å². The summed E-state index contributed by atoms with van der Waals surface area (Å²) in [5.74, 6) is 0.431. The molecule has 1 amide bonds. The van der Waals surface area contributed by atoms with Gasteiger partial charge in [0.2, 0.25) is 0 Å². The number of halogens is 1. The Kier molecular flexibility index (Phi) is 8.76. The minimum atomic E-state index is -0.503. The first-order valence-corrected chi connectivity index (χ1v) is 6.44. The number of methoxy groups -OCH3 is 1. The number of anilines is 2. The summed E-state index contributed by atoms with van der Waals surface area (Å²) in [5, 5.41) is 2.74. The number of carbonyl (C=O) groups excluding carboxylic acids is 1. The molecule has 1 rings (SSSR count). The smallest absolute Gasteiger partial charge is 0.253 e. The Morgan fingerprint density at radius 3 is 2.75 bits per heavy atom. The third-order valence-electron chi connectivity index (χ3n) is 2.75. The molecule has 0 radical (unpaired) electrons. The van der Waals surface area contributed by atoms with E-state index in [1.165, 1.54) is 0 Å². The molecule has 1 aromatic rings. The SMILES string of the molecule is CCCCOC(C)C(=O)Nc1cc(OC)ccc1N.Cl. The van der Waals surface area contributed by atoms with Crippen molar-refractivity contribution in [2.75, 3.05) is 24.8 Å². The molecule has 0 saturated carbocycles. The summed E-state index contributed by atoms with van der Waals surface area (Å²) in [6, 6.07) is 5.12. The summed E-state index contributed by atoms with van der Waals surface area (Å²) >= 11 is 0. The van der Waals surface area contributed by atoms with E-state index in [1.807, 2.05) is 0 Å². The number of ether oxygens (including phenoxy) is 2. The molecule has 0 saturated heterocycles. The number of hydrogen-bond donors (Lipinski definition) is 2. The second-order valence-corrected chi connectivity index (χ2v) is 4.31. The van der Waals surface area contributed by atoms with Crippen LogP contribution in [-0.2, 0) is 9.53 Å². The number of carbonyl (C=O) groups is 1. The Hall–Kier alpha value is -1.46. The second kappa shape index (κ2) is 9.44. The van der Waals surface area contributed by atoms with Gasteiger partial charge in [-0.05, 0) is 25.5 Å². The molecule has 1 unspecified atom stereocenters. The Balaban J connectivity index is 0.00000361. The van der Waals surface area contributed by atoms with E-state index in [9.17, 15) is 4.79 Å². The summed E-state index contributed by atoms with van der Waals surface area (Å²) in [7, 11) is 1.56. The highest BCUT2D eigenvalue weighted by Gasteiger charge is 2.14. The molecule has 0 aliphatic carbocycles. The lowest BCUT2D eigenvalue weighted by atomic mass is 10.2. The molecule has 5 nitrogen and oxygen atoms in total. The van der Waals surface area contributed by atoms with Crippen molar-refractivity contribution < 1.29 is 14.3 Å². The van der Waals surface area contributed by atoms with Crippen molar-refractivity contribution in [3.8, 4) is 5.75 Å². The van der Waals surface area contributed by atoms with E-state index >= 15 is 0 Å². The van der Waals surface area contributed by atoms with Gasteiger partial charge < -0.3 is 20.5 Å². The van der Waals surface area contributed by atoms with Crippen LogP contribution >= 0.6 is 12.4 Å². The van der Waals surface area contributed by atoms with Crippen LogP contribution in [-0.4, -0.2) is 25.7 Å². The maximum Gasteiger partial charge on any atom is 0.253 e. The third kappa shape index (κ3) is 5.67. The minimum Gasteiger partial charge on any atom is -0.497 e. The normalized spacial score (nSPS) is 11.3. The van der Waals surface area contributed by atoms with Gasteiger partial charge in [0.1, 0.15) is 11.9 Å². The van der Waals surface area contributed by atoms with Gasteiger partial charge in [-0.15, -0.1) is 12.4 Å². The van der Waals surface area contributed by atoms with Gasteiger partial charge in [-0.2, -0.15) is 0 Å². The highest BCUT2D eigenvalue weighted by Crippen LogP contribution is 2.24. The molecule has 0 fully saturated rings. The maximum absolute atomic E-state index is 11.9. The van der Waals surface area contributed by atoms with Crippen LogP contribution in [0, 0.1) is 0 Å². The van der Waals surface area contributed by atoms with Crippen molar-refractivity contribution in [1.82, 2.24) is 0 Å². The van der Waals surface area contributed by atoms with E-state index in [-0.39, 0.29) is 18.3 Å². The lowest BCUT2D eigenvalue weighted by molar-refractivity contribution is -0.126. The van der Waals surface area contributed by atoms with Crippen LogP contribution in [0.15, 0.2) is 18.2 Å². The molecule has 0 aliphatic rings. The Labute approximate surface area is 126 Å². The summed E-state index contributed by atoms with van der Waals surface area (Å²) in [6.45, 7) is 4.38. The number of benzene rings is 1. The van der Waals surface area contributed by atoms with Crippen molar-refractivity contribution in [1.29, 1.82) is 0 Å². The molecule has 0 spiro atoms. The fourth-order valence-electron chi connectivity index (χ4n) is 1.49. The van der Waals surface area contributed by atoms with Crippen LogP contribution in [0.1, 0.15) is 26.7 Å². The zero-order valence-electron chi connectivity index (χ0n) is 12.1. The first-order chi connectivity index (χ1) is 9.08. The van der Waals surface area contributed by atoms with Crippen LogP contribution in [0.4, 0.5) is 11.4 Å². The van der Waals surface area contributed by atoms with Gasteiger partial charge in [-0.3, -0.25) is 4.79 Å². The minimum absolute atomic E-state index is 0. The number of rotatable bonds is 7. The van der Waals surface area contributed by atoms with Crippen molar-refractivity contribution in [2.45, 2.75) is 32.8 Å².